The molecule has 0 radical (unpaired) electrons. The number of hydrogen-bond donors (Lipinski definition) is 2. The van der Waals surface area contributed by atoms with Crippen LogP contribution in [0.1, 0.15) is 29.9 Å². The molecule has 0 fully saturated rings. The van der Waals surface area contributed by atoms with Gasteiger partial charge in [-0.05, 0) is 20.8 Å². The fourth-order valence-corrected chi connectivity index (χ4v) is 1.33. The van der Waals surface area contributed by atoms with Gasteiger partial charge in [-0.3, -0.25) is 15.2 Å². The van der Waals surface area contributed by atoms with Crippen molar-refractivity contribution in [3.63, 3.8) is 0 Å². The third-order valence-electron chi connectivity index (χ3n) is 2.12. The zero-order chi connectivity index (χ0) is 14.4. The molecule has 1 amide bonds. The number of nitrogens with zero attached hydrogens (tertiary/aromatic N) is 1. The summed E-state index contributed by atoms with van der Waals surface area (Å²) in [7, 11) is 0. The molecule has 1 heterocycles. The zero-order valence-electron chi connectivity index (χ0n) is 10.9. The van der Waals surface area contributed by atoms with Gasteiger partial charge >= 0.3 is 17.8 Å². The van der Waals surface area contributed by atoms with Gasteiger partial charge < -0.3 is 9.47 Å². The van der Waals surface area contributed by atoms with Crippen molar-refractivity contribution in [1.29, 1.82) is 0 Å². The van der Waals surface area contributed by atoms with Gasteiger partial charge in [0.15, 0.2) is 5.82 Å². The molecule has 1 aromatic rings. The average molecular weight is 269 g/mol. The standard InChI is InChI=1S/C11H15N3O5/c1-4-18-10(16)7-6(3)13-14-8(7)12-9(15)11(17)19-5-2/h4-5H2,1-3H3,(H2,12,13,14,15). The summed E-state index contributed by atoms with van der Waals surface area (Å²) in [5, 5.41) is 8.47. The Bertz CT molecular complexity index is 495. The van der Waals surface area contributed by atoms with E-state index in [4.69, 9.17) is 4.74 Å². The highest BCUT2D eigenvalue weighted by molar-refractivity contribution is 6.37. The SMILES string of the molecule is CCOC(=O)C(=O)Nc1n[nH]c(C)c1C(=O)OCC. The van der Waals surface area contributed by atoms with E-state index in [1.54, 1.807) is 20.8 Å². The van der Waals surface area contributed by atoms with E-state index in [0.29, 0.717) is 5.69 Å². The van der Waals surface area contributed by atoms with E-state index >= 15 is 0 Å². The third kappa shape index (κ3) is 3.54. The van der Waals surface area contributed by atoms with Crippen molar-refractivity contribution < 1.29 is 23.9 Å². The minimum atomic E-state index is -1.04. The normalized spacial score (nSPS) is 9.84. The van der Waals surface area contributed by atoms with Gasteiger partial charge in [0.25, 0.3) is 0 Å². The Morgan fingerprint density at radius 1 is 1.21 bits per heavy atom. The van der Waals surface area contributed by atoms with E-state index in [0.717, 1.165) is 0 Å². The van der Waals surface area contributed by atoms with Gasteiger partial charge in [0.2, 0.25) is 0 Å². The number of ether oxygens (including phenoxy) is 2. The topological polar surface area (TPSA) is 110 Å². The fourth-order valence-electron chi connectivity index (χ4n) is 1.33. The van der Waals surface area contributed by atoms with Crippen LogP contribution in [0.5, 0.6) is 0 Å². The van der Waals surface area contributed by atoms with Crippen molar-refractivity contribution >= 4 is 23.7 Å². The first-order valence-electron chi connectivity index (χ1n) is 5.71. The Morgan fingerprint density at radius 3 is 2.42 bits per heavy atom. The number of amides is 1. The quantitative estimate of drug-likeness (QED) is 0.604. The molecular formula is C11H15N3O5. The number of aryl methyl sites for hydroxylation is 1. The molecule has 0 spiro atoms. The number of rotatable bonds is 4. The first-order chi connectivity index (χ1) is 9.01. The summed E-state index contributed by atoms with van der Waals surface area (Å²) in [5.41, 5.74) is 0.511. The molecular weight excluding hydrogens is 254 g/mol. The Kier molecular flexibility index (Phi) is 5.04. The van der Waals surface area contributed by atoms with Crippen LogP contribution in [-0.4, -0.2) is 41.3 Å². The van der Waals surface area contributed by atoms with E-state index in [2.05, 4.69) is 20.3 Å². The summed E-state index contributed by atoms with van der Waals surface area (Å²) < 4.78 is 9.36. The predicted molar refractivity (Wildman–Crippen MR) is 64.5 cm³/mol. The van der Waals surface area contributed by atoms with Crippen LogP contribution in [0.4, 0.5) is 5.82 Å². The molecule has 8 nitrogen and oxygen atoms in total. The second-order valence-corrected chi connectivity index (χ2v) is 3.47. The number of H-pyrrole nitrogens is 1. The van der Waals surface area contributed by atoms with Gasteiger partial charge in [0.05, 0.1) is 13.2 Å². The first-order valence-corrected chi connectivity index (χ1v) is 5.71. The van der Waals surface area contributed by atoms with E-state index in [1.807, 2.05) is 0 Å². The van der Waals surface area contributed by atoms with Crippen molar-refractivity contribution in [3.8, 4) is 0 Å². The molecule has 0 unspecified atom stereocenters. The molecule has 0 aliphatic heterocycles. The molecule has 0 atom stereocenters. The lowest BCUT2D eigenvalue weighted by Gasteiger charge is -2.05. The van der Waals surface area contributed by atoms with E-state index in [9.17, 15) is 14.4 Å². The summed E-state index contributed by atoms with van der Waals surface area (Å²) in [6.07, 6.45) is 0. The molecule has 0 aromatic carbocycles. The van der Waals surface area contributed by atoms with E-state index in [-0.39, 0.29) is 24.6 Å². The maximum absolute atomic E-state index is 11.7. The lowest BCUT2D eigenvalue weighted by molar-refractivity contribution is -0.152. The molecule has 0 aliphatic rings. The van der Waals surface area contributed by atoms with E-state index < -0.39 is 17.8 Å². The molecule has 0 saturated heterocycles. The molecule has 1 aromatic heterocycles. The number of hydrogen-bond acceptors (Lipinski definition) is 6. The van der Waals surface area contributed by atoms with Gasteiger partial charge in [0, 0.05) is 5.69 Å². The van der Waals surface area contributed by atoms with Crippen molar-refractivity contribution in [2.24, 2.45) is 0 Å². The van der Waals surface area contributed by atoms with Crippen molar-refractivity contribution in [2.75, 3.05) is 18.5 Å². The highest BCUT2D eigenvalue weighted by Gasteiger charge is 2.23. The maximum atomic E-state index is 11.7. The van der Waals surface area contributed by atoms with Crippen LogP contribution in [0.15, 0.2) is 0 Å². The summed E-state index contributed by atoms with van der Waals surface area (Å²) in [6.45, 7) is 5.10. The van der Waals surface area contributed by atoms with Crippen LogP contribution in [0, 0.1) is 6.92 Å². The number of nitrogens with one attached hydrogen (secondary N) is 2. The lowest BCUT2D eigenvalue weighted by atomic mass is 10.2. The molecule has 0 bridgehead atoms. The lowest BCUT2D eigenvalue weighted by Crippen LogP contribution is -2.26. The third-order valence-corrected chi connectivity index (χ3v) is 2.12. The predicted octanol–water partition coefficient (Wildman–Crippen LogP) is 0.396. The average Bonchev–Trinajstić information content (AvgIpc) is 2.71. The second-order valence-electron chi connectivity index (χ2n) is 3.47. The minimum Gasteiger partial charge on any atom is -0.462 e. The summed E-state index contributed by atoms with van der Waals surface area (Å²) in [6, 6.07) is 0. The first kappa shape index (κ1) is 14.7. The van der Waals surface area contributed by atoms with Crippen LogP contribution < -0.4 is 5.32 Å². The van der Waals surface area contributed by atoms with Crippen LogP contribution in [0.3, 0.4) is 0 Å². The summed E-state index contributed by atoms with van der Waals surface area (Å²) in [5.74, 6) is -2.74. The molecule has 104 valence electrons. The van der Waals surface area contributed by atoms with E-state index in [1.165, 1.54) is 0 Å². The number of aromatic nitrogens is 2. The maximum Gasteiger partial charge on any atom is 0.397 e. The molecule has 0 saturated carbocycles. The van der Waals surface area contributed by atoms with Crippen molar-refractivity contribution in [1.82, 2.24) is 10.2 Å². The Balaban J connectivity index is 2.87. The van der Waals surface area contributed by atoms with Crippen LogP contribution >= 0.6 is 0 Å². The Hall–Kier alpha value is -2.38. The van der Waals surface area contributed by atoms with Crippen LogP contribution in [0.2, 0.25) is 0 Å². The monoisotopic (exact) mass is 269 g/mol. The Morgan fingerprint density at radius 2 is 1.84 bits per heavy atom. The van der Waals surface area contributed by atoms with Crippen molar-refractivity contribution in [2.45, 2.75) is 20.8 Å². The Labute approximate surface area is 109 Å². The van der Waals surface area contributed by atoms with Gasteiger partial charge in [-0.1, -0.05) is 0 Å². The largest absolute Gasteiger partial charge is 0.462 e. The van der Waals surface area contributed by atoms with Gasteiger partial charge in [-0.25, -0.2) is 9.59 Å². The molecule has 2 N–H and O–H groups in total. The highest BCUT2D eigenvalue weighted by Crippen LogP contribution is 2.17. The second kappa shape index (κ2) is 6.53. The minimum absolute atomic E-state index is 0.0611. The number of aromatic amines is 1. The smallest absolute Gasteiger partial charge is 0.397 e. The van der Waals surface area contributed by atoms with Crippen LogP contribution in [0.25, 0.3) is 0 Å². The molecule has 1 rings (SSSR count). The zero-order valence-corrected chi connectivity index (χ0v) is 10.9. The van der Waals surface area contributed by atoms with Gasteiger partial charge in [-0.2, -0.15) is 5.10 Å². The van der Waals surface area contributed by atoms with Gasteiger partial charge in [-0.15, -0.1) is 0 Å². The van der Waals surface area contributed by atoms with Crippen molar-refractivity contribution in [3.05, 3.63) is 11.3 Å². The number of carbonyl (C=O) groups excluding carboxylic acids is 3. The van der Waals surface area contributed by atoms with Gasteiger partial charge in [0.1, 0.15) is 5.56 Å². The summed E-state index contributed by atoms with van der Waals surface area (Å²) >= 11 is 0. The highest BCUT2D eigenvalue weighted by atomic mass is 16.5. The fraction of sp³-hybridized carbons (Fsp3) is 0.455. The number of esters is 2. The number of anilines is 1. The molecule has 0 aliphatic carbocycles. The number of carbonyl (C=O) groups is 3. The molecule has 19 heavy (non-hydrogen) atoms. The summed E-state index contributed by atoms with van der Waals surface area (Å²) in [4.78, 5) is 34.3. The van der Waals surface area contributed by atoms with Crippen LogP contribution in [-0.2, 0) is 19.1 Å². The molecule has 8 heteroatoms.